The number of hydrogen-bond acceptors (Lipinski definition) is 3. The molecule has 0 atom stereocenters. The number of hydrogen-bond donors (Lipinski definition) is 2. The van der Waals surface area contributed by atoms with Gasteiger partial charge in [-0.3, -0.25) is 9.78 Å². The molecule has 3 aromatic rings. The number of para-hydroxylation sites is 1. The number of anilines is 1. The number of nitrogen functional groups attached to an aromatic ring is 1. The molecule has 0 saturated heterocycles. The lowest BCUT2D eigenvalue weighted by atomic mass is 10.1. The van der Waals surface area contributed by atoms with Crippen LogP contribution >= 0.6 is 0 Å². The summed E-state index contributed by atoms with van der Waals surface area (Å²) in [6.07, 6.45) is 0. The molecule has 2 heterocycles. The van der Waals surface area contributed by atoms with Gasteiger partial charge >= 0.3 is 0 Å². The molecule has 0 bridgehead atoms. The summed E-state index contributed by atoms with van der Waals surface area (Å²) in [6.45, 7) is 2.01. The van der Waals surface area contributed by atoms with Gasteiger partial charge in [0.15, 0.2) is 0 Å². The Kier molecular flexibility index (Phi) is 2.41. The van der Waals surface area contributed by atoms with Crippen LogP contribution < -0.4 is 11.3 Å². The van der Waals surface area contributed by atoms with Gasteiger partial charge in [0.05, 0.1) is 5.69 Å². The van der Waals surface area contributed by atoms with Crippen LogP contribution in [0.4, 0.5) is 5.95 Å². The van der Waals surface area contributed by atoms with Crippen LogP contribution in [0.3, 0.4) is 0 Å². The highest BCUT2D eigenvalue weighted by atomic mass is 16.1. The summed E-state index contributed by atoms with van der Waals surface area (Å²) in [5.74, 6) is 0.134. The van der Waals surface area contributed by atoms with Crippen molar-refractivity contribution in [2.75, 3.05) is 5.73 Å². The van der Waals surface area contributed by atoms with E-state index in [1.54, 1.807) is 0 Å². The smallest absolute Gasteiger partial charge is 0.252 e. The Morgan fingerprint density at radius 2 is 2.05 bits per heavy atom. The third-order valence-corrected chi connectivity index (χ3v) is 3.42. The number of nitrogens with one attached hydrogen (secondary N) is 1. The number of benzene rings is 1. The maximum Gasteiger partial charge on any atom is 0.252 e. The summed E-state index contributed by atoms with van der Waals surface area (Å²) in [4.78, 5) is 18.3. The fraction of sp³-hybridized carbons (Fsp3) is 0.143. The van der Waals surface area contributed by atoms with E-state index >= 15 is 0 Å². The number of aromatic amines is 1. The predicted molar refractivity (Wildman–Crippen MR) is 75.9 cm³/mol. The van der Waals surface area contributed by atoms with Gasteiger partial charge in [0.1, 0.15) is 0 Å². The van der Waals surface area contributed by atoms with Gasteiger partial charge in [0, 0.05) is 35.3 Å². The van der Waals surface area contributed by atoms with Crippen molar-refractivity contribution in [3.8, 4) is 11.3 Å². The van der Waals surface area contributed by atoms with E-state index in [0.29, 0.717) is 5.69 Å². The van der Waals surface area contributed by atoms with E-state index in [2.05, 4.69) is 14.5 Å². The zero-order chi connectivity index (χ0) is 13.6. The topological polar surface area (TPSA) is 76.7 Å². The quantitative estimate of drug-likeness (QED) is 0.695. The van der Waals surface area contributed by atoms with E-state index in [1.165, 1.54) is 6.07 Å². The van der Waals surface area contributed by atoms with Crippen LogP contribution in [-0.4, -0.2) is 14.5 Å². The van der Waals surface area contributed by atoms with Crippen LogP contribution in [0.5, 0.6) is 0 Å². The molecule has 0 spiro atoms. The van der Waals surface area contributed by atoms with Gasteiger partial charge in [-0.25, -0.2) is 4.98 Å². The minimum Gasteiger partial charge on any atom is -0.369 e. The van der Waals surface area contributed by atoms with Crippen LogP contribution in [0.15, 0.2) is 35.1 Å². The van der Waals surface area contributed by atoms with Crippen LogP contribution in [0.2, 0.25) is 0 Å². The van der Waals surface area contributed by atoms with Crippen LogP contribution in [0, 0.1) is 6.92 Å². The lowest BCUT2D eigenvalue weighted by Crippen LogP contribution is -2.10. The summed E-state index contributed by atoms with van der Waals surface area (Å²) in [7, 11) is 2.00. The summed E-state index contributed by atoms with van der Waals surface area (Å²) in [5.41, 5.74) is 9.11. The van der Waals surface area contributed by atoms with Gasteiger partial charge in [-0.1, -0.05) is 18.2 Å². The number of aryl methyl sites for hydroxylation is 1. The van der Waals surface area contributed by atoms with Gasteiger partial charge in [-0.2, -0.15) is 0 Å². The first-order chi connectivity index (χ1) is 9.08. The molecule has 0 fully saturated rings. The van der Waals surface area contributed by atoms with Crippen molar-refractivity contribution < 1.29 is 0 Å². The predicted octanol–water partition coefficient (Wildman–Crippen LogP) is 1.82. The molecule has 19 heavy (non-hydrogen) atoms. The van der Waals surface area contributed by atoms with Crippen LogP contribution in [0.25, 0.3) is 22.2 Å². The molecule has 2 aromatic heterocycles. The van der Waals surface area contributed by atoms with E-state index in [1.807, 2.05) is 38.2 Å². The number of H-pyrrole nitrogens is 1. The van der Waals surface area contributed by atoms with Gasteiger partial charge in [0.2, 0.25) is 5.95 Å². The van der Waals surface area contributed by atoms with E-state index in [4.69, 9.17) is 5.73 Å². The van der Waals surface area contributed by atoms with Gasteiger partial charge in [-0.15, -0.1) is 0 Å². The Morgan fingerprint density at radius 3 is 2.79 bits per heavy atom. The summed E-state index contributed by atoms with van der Waals surface area (Å²) in [5, 5.41) is 1.07. The molecule has 5 nitrogen and oxygen atoms in total. The molecular weight excluding hydrogens is 240 g/mol. The molecule has 3 N–H and O–H groups in total. The average Bonchev–Trinajstić information content (AvgIpc) is 2.61. The first kappa shape index (κ1) is 11.5. The lowest BCUT2D eigenvalue weighted by Gasteiger charge is -2.02. The third-order valence-electron chi connectivity index (χ3n) is 3.42. The molecule has 1 aromatic carbocycles. The Morgan fingerprint density at radius 1 is 1.32 bits per heavy atom. The molecule has 0 amide bonds. The lowest BCUT2D eigenvalue weighted by molar-refractivity contribution is 0.918. The van der Waals surface area contributed by atoms with Crippen molar-refractivity contribution in [3.63, 3.8) is 0 Å². The molecule has 0 saturated carbocycles. The maximum atomic E-state index is 11.6. The highest BCUT2D eigenvalue weighted by molar-refractivity contribution is 5.97. The highest BCUT2D eigenvalue weighted by Gasteiger charge is 2.15. The van der Waals surface area contributed by atoms with Gasteiger partial charge < -0.3 is 10.3 Å². The monoisotopic (exact) mass is 254 g/mol. The summed E-state index contributed by atoms with van der Waals surface area (Å²) < 4.78 is 2.09. The first-order valence-corrected chi connectivity index (χ1v) is 5.99. The summed E-state index contributed by atoms with van der Waals surface area (Å²) in [6, 6.07) is 9.51. The minimum atomic E-state index is -0.241. The van der Waals surface area contributed by atoms with Gasteiger partial charge in [-0.05, 0) is 13.0 Å². The third kappa shape index (κ3) is 1.71. The molecule has 0 aliphatic heterocycles. The minimum absolute atomic E-state index is 0.134. The van der Waals surface area contributed by atoms with E-state index < -0.39 is 0 Å². The molecule has 3 rings (SSSR count). The van der Waals surface area contributed by atoms with Crippen molar-refractivity contribution >= 4 is 16.9 Å². The highest BCUT2D eigenvalue weighted by Crippen LogP contribution is 2.32. The average molecular weight is 254 g/mol. The fourth-order valence-electron chi connectivity index (χ4n) is 2.45. The molecule has 96 valence electrons. The zero-order valence-electron chi connectivity index (χ0n) is 10.8. The van der Waals surface area contributed by atoms with Gasteiger partial charge in [0.25, 0.3) is 5.56 Å². The number of nitrogens with two attached hydrogens (primary N) is 1. The molecule has 0 aliphatic carbocycles. The second kappa shape index (κ2) is 3.98. The Labute approximate surface area is 109 Å². The van der Waals surface area contributed by atoms with Crippen molar-refractivity contribution in [1.82, 2.24) is 14.5 Å². The zero-order valence-corrected chi connectivity index (χ0v) is 10.8. The van der Waals surface area contributed by atoms with E-state index in [9.17, 15) is 4.79 Å². The maximum absolute atomic E-state index is 11.6. The Balaban J connectivity index is 2.42. The van der Waals surface area contributed by atoms with Crippen LogP contribution in [-0.2, 0) is 7.05 Å². The molecule has 0 radical (unpaired) electrons. The van der Waals surface area contributed by atoms with E-state index in [-0.39, 0.29) is 11.5 Å². The first-order valence-electron chi connectivity index (χ1n) is 5.99. The number of nitrogens with zero attached hydrogens (tertiary/aromatic N) is 2. The normalized spacial score (nSPS) is 11.1. The standard InChI is InChI=1S/C14H14N4O/c1-8-13(10-7-12(19)17-14(15)16-10)9-5-3-4-6-11(9)18(8)2/h3-7H,1-2H3,(H3,15,16,17,19). The van der Waals surface area contributed by atoms with Crippen LogP contribution in [0.1, 0.15) is 5.69 Å². The summed E-state index contributed by atoms with van der Waals surface area (Å²) >= 11 is 0. The Hall–Kier alpha value is -2.56. The SMILES string of the molecule is Cc1c(-c2cc(=O)[nH]c(N)n2)c2ccccc2n1C. The molecule has 5 heteroatoms. The molecular formula is C14H14N4O. The molecule has 0 aliphatic rings. The van der Waals surface area contributed by atoms with E-state index in [0.717, 1.165) is 22.2 Å². The Bertz CT molecular complexity index is 829. The number of fused-ring (bicyclic) bond motifs is 1. The molecule has 0 unspecified atom stereocenters. The van der Waals surface area contributed by atoms with Crippen molar-refractivity contribution in [2.45, 2.75) is 6.92 Å². The number of rotatable bonds is 1. The largest absolute Gasteiger partial charge is 0.369 e. The number of aromatic nitrogens is 3. The van der Waals surface area contributed by atoms with Crippen molar-refractivity contribution in [1.29, 1.82) is 0 Å². The second-order valence-corrected chi connectivity index (χ2v) is 4.55. The second-order valence-electron chi connectivity index (χ2n) is 4.55. The van der Waals surface area contributed by atoms with Crippen molar-refractivity contribution in [3.05, 3.63) is 46.4 Å². The fourth-order valence-corrected chi connectivity index (χ4v) is 2.45. The van der Waals surface area contributed by atoms with Crippen molar-refractivity contribution in [2.24, 2.45) is 7.05 Å².